The van der Waals surface area contributed by atoms with Crippen molar-refractivity contribution in [2.45, 2.75) is 19.4 Å². The first-order valence-electron chi connectivity index (χ1n) is 6.15. The summed E-state index contributed by atoms with van der Waals surface area (Å²) in [6, 6.07) is 11.8. The van der Waals surface area contributed by atoms with Gasteiger partial charge in [-0.25, -0.2) is 4.85 Å². The third-order valence-corrected chi connectivity index (χ3v) is 3.16. The fraction of sp³-hybridized carbons (Fsp3) is 0.250. The zero-order valence-electron chi connectivity index (χ0n) is 11.1. The molecule has 0 spiro atoms. The molecule has 1 aromatic heterocycles. The summed E-state index contributed by atoms with van der Waals surface area (Å²) in [6.45, 7) is 9.63. The first kappa shape index (κ1) is 13.3. The fourth-order valence-electron chi connectivity index (χ4n) is 1.96. The second kappa shape index (κ2) is 6.12. The maximum absolute atomic E-state index is 6.95. The number of ether oxygens (including phenoxy) is 1. The van der Waals surface area contributed by atoms with Crippen LogP contribution in [0.1, 0.15) is 29.7 Å². The Morgan fingerprint density at radius 3 is 2.37 bits per heavy atom. The summed E-state index contributed by atoms with van der Waals surface area (Å²) in [4.78, 5) is 7.77. The molecule has 0 aliphatic rings. The van der Waals surface area contributed by atoms with Crippen molar-refractivity contribution in [3.8, 4) is 0 Å². The average Bonchev–Trinajstić information content (AvgIpc) is 2.48. The lowest BCUT2D eigenvalue weighted by Gasteiger charge is -2.12. The van der Waals surface area contributed by atoms with Gasteiger partial charge >= 0.3 is 0 Å². The van der Waals surface area contributed by atoms with E-state index >= 15 is 0 Å². The van der Waals surface area contributed by atoms with Crippen LogP contribution in [0.4, 0.5) is 5.69 Å². The number of hydrogen-bond acceptors (Lipinski definition) is 2. The van der Waals surface area contributed by atoms with E-state index in [2.05, 4.69) is 22.8 Å². The van der Waals surface area contributed by atoms with Crippen molar-refractivity contribution in [3.05, 3.63) is 70.8 Å². The fourth-order valence-corrected chi connectivity index (χ4v) is 1.96. The lowest BCUT2D eigenvalue weighted by Crippen LogP contribution is -1.98. The van der Waals surface area contributed by atoms with Crippen LogP contribution in [0.3, 0.4) is 0 Å². The third kappa shape index (κ3) is 3.18. The molecule has 0 radical (unpaired) electrons. The lowest BCUT2D eigenvalue weighted by molar-refractivity contribution is 0.181. The molecular formula is C16H16N2O. The van der Waals surface area contributed by atoms with Crippen molar-refractivity contribution < 1.29 is 4.74 Å². The van der Waals surface area contributed by atoms with Crippen molar-refractivity contribution in [1.82, 2.24) is 4.98 Å². The Hall–Kier alpha value is -2.18. The van der Waals surface area contributed by atoms with Gasteiger partial charge in [-0.15, -0.1) is 0 Å². The highest BCUT2D eigenvalue weighted by molar-refractivity contribution is 5.47. The highest BCUT2D eigenvalue weighted by Gasteiger charge is 2.08. The Labute approximate surface area is 113 Å². The minimum atomic E-state index is 0.267. The molecule has 2 rings (SSSR count). The van der Waals surface area contributed by atoms with Crippen molar-refractivity contribution in [1.29, 1.82) is 0 Å². The van der Waals surface area contributed by atoms with Crippen LogP contribution in [0, 0.1) is 6.57 Å². The van der Waals surface area contributed by atoms with Crippen molar-refractivity contribution >= 4 is 5.69 Å². The van der Waals surface area contributed by atoms with Crippen LogP contribution in [-0.2, 0) is 11.3 Å². The lowest BCUT2D eigenvalue weighted by atomic mass is 9.94. The number of methoxy groups -OCH3 is 1. The van der Waals surface area contributed by atoms with Gasteiger partial charge in [-0.2, -0.15) is 0 Å². The van der Waals surface area contributed by atoms with Gasteiger partial charge in [0.1, 0.15) is 0 Å². The van der Waals surface area contributed by atoms with E-state index < -0.39 is 0 Å². The van der Waals surface area contributed by atoms with Crippen LogP contribution >= 0.6 is 0 Å². The predicted octanol–water partition coefficient (Wildman–Crippen LogP) is 3.93. The van der Waals surface area contributed by atoms with Gasteiger partial charge < -0.3 is 4.74 Å². The smallest absolute Gasteiger partial charge is 0.187 e. The maximum Gasteiger partial charge on any atom is 0.187 e. The summed E-state index contributed by atoms with van der Waals surface area (Å²) in [5, 5.41) is 0. The van der Waals surface area contributed by atoms with Crippen LogP contribution in [0.2, 0.25) is 0 Å². The molecule has 0 bridgehead atoms. The minimum Gasteiger partial charge on any atom is -0.378 e. The average molecular weight is 252 g/mol. The van der Waals surface area contributed by atoms with Gasteiger partial charge in [0.2, 0.25) is 0 Å². The van der Waals surface area contributed by atoms with Gasteiger partial charge in [0.15, 0.2) is 5.69 Å². The molecule has 1 atom stereocenters. The molecule has 1 unspecified atom stereocenters. The highest BCUT2D eigenvalue weighted by atomic mass is 16.5. The van der Waals surface area contributed by atoms with E-state index in [0.29, 0.717) is 12.3 Å². The summed E-state index contributed by atoms with van der Waals surface area (Å²) in [6.07, 6.45) is 1.89. The molecule has 0 amide bonds. The van der Waals surface area contributed by atoms with Crippen LogP contribution in [-0.4, -0.2) is 12.1 Å². The van der Waals surface area contributed by atoms with Crippen LogP contribution in [0.25, 0.3) is 4.85 Å². The molecular weight excluding hydrogens is 236 g/mol. The van der Waals surface area contributed by atoms with Gasteiger partial charge in [0, 0.05) is 19.2 Å². The molecule has 0 N–H and O–H groups in total. The summed E-state index contributed by atoms with van der Waals surface area (Å²) in [5.41, 5.74) is 3.95. The van der Waals surface area contributed by atoms with Crippen LogP contribution in [0.15, 0.2) is 42.6 Å². The van der Waals surface area contributed by atoms with Crippen LogP contribution in [0.5, 0.6) is 0 Å². The second-order valence-corrected chi connectivity index (χ2v) is 4.44. The molecule has 0 fully saturated rings. The Balaban J connectivity index is 2.18. The molecule has 1 heterocycles. The largest absolute Gasteiger partial charge is 0.378 e. The van der Waals surface area contributed by atoms with Gasteiger partial charge in [-0.3, -0.25) is 4.98 Å². The van der Waals surface area contributed by atoms with E-state index in [1.54, 1.807) is 7.11 Å². The Kier molecular flexibility index (Phi) is 4.27. The molecule has 0 saturated heterocycles. The summed E-state index contributed by atoms with van der Waals surface area (Å²) < 4.78 is 5.05. The molecule has 19 heavy (non-hydrogen) atoms. The second-order valence-electron chi connectivity index (χ2n) is 4.44. The molecule has 2 aromatic rings. The SMILES string of the molecule is [C-]#[N+]c1ccc(C(C)c2ccc(COC)nc2)cc1. The Morgan fingerprint density at radius 1 is 1.16 bits per heavy atom. The first-order valence-corrected chi connectivity index (χ1v) is 6.15. The molecule has 3 nitrogen and oxygen atoms in total. The maximum atomic E-state index is 6.95. The monoisotopic (exact) mass is 252 g/mol. The quantitative estimate of drug-likeness (QED) is 0.771. The van der Waals surface area contributed by atoms with Crippen molar-refractivity contribution in [3.63, 3.8) is 0 Å². The number of benzene rings is 1. The number of nitrogens with zero attached hydrogens (tertiary/aromatic N) is 2. The third-order valence-electron chi connectivity index (χ3n) is 3.16. The number of hydrogen-bond donors (Lipinski definition) is 0. The number of aromatic nitrogens is 1. The zero-order valence-corrected chi connectivity index (χ0v) is 11.1. The Bertz CT molecular complexity index is 567. The van der Waals surface area contributed by atoms with Gasteiger partial charge in [0.05, 0.1) is 18.9 Å². The predicted molar refractivity (Wildman–Crippen MR) is 75.2 cm³/mol. The zero-order chi connectivity index (χ0) is 13.7. The first-order chi connectivity index (χ1) is 9.24. The van der Waals surface area contributed by atoms with E-state index in [1.165, 1.54) is 5.56 Å². The van der Waals surface area contributed by atoms with Gasteiger partial charge in [0.25, 0.3) is 0 Å². The normalized spacial score (nSPS) is 11.8. The molecule has 96 valence electrons. The number of rotatable bonds is 4. The topological polar surface area (TPSA) is 26.5 Å². The van der Waals surface area contributed by atoms with E-state index in [0.717, 1.165) is 11.3 Å². The van der Waals surface area contributed by atoms with Gasteiger partial charge in [-0.1, -0.05) is 37.3 Å². The molecule has 3 heteroatoms. The van der Waals surface area contributed by atoms with E-state index in [9.17, 15) is 0 Å². The molecule has 0 saturated carbocycles. The van der Waals surface area contributed by atoms with Gasteiger partial charge in [-0.05, 0) is 17.2 Å². The molecule has 1 aromatic carbocycles. The van der Waals surface area contributed by atoms with E-state index in [4.69, 9.17) is 11.3 Å². The van der Waals surface area contributed by atoms with E-state index in [-0.39, 0.29) is 5.92 Å². The van der Waals surface area contributed by atoms with Crippen LogP contribution < -0.4 is 0 Å². The molecule has 0 aliphatic heterocycles. The minimum absolute atomic E-state index is 0.267. The summed E-state index contributed by atoms with van der Waals surface area (Å²) in [5.74, 6) is 0.267. The highest BCUT2D eigenvalue weighted by Crippen LogP contribution is 2.25. The summed E-state index contributed by atoms with van der Waals surface area (Å²) in [7, 11) is 1.66. The van der Waals surface area contributed by atoms with Crippen molar-refractivity contribution in [2.24, 2.45) is 0 Å². The Morgan fingerprint density at radius 2 is 1.84 bits per heavy atom. The molecule has 0 aliphatic carbocycles. The summed E-state index contributed by atoms with van der Waals surface area (Å²) >= 11 is 0. The standard InChI is InChI=1S/C16H16N2O/c1-12(13-4-7-15(17-2)8-5-13)14-6-9-16(11-19-3)18-10-14/h4-10,12H,11H2,1,3H3. The number of pyridine rings is 1. The van der Waals surface area contributed by atoms with E-state index in [1.807, 2.05) is 36.5 Å². The van der Waals surface area contributed by atoms with Crippen molar-refractivity contribution in [2.75, 3.05) is 7.11 Å².